The van der Waals surface area contributed by atoms with E-state index in [1.165, 1.54) is 12.8 Å². The number of para-hydroxylation sites is 1. The van der Waals surface area contributed by atoms with E-state index in [0.29, 0.717) is 12.3 Å². The maximum Gasteiger partial charge on any atom is 0.224 e. The van der Waals surface area contributed by atoms with Gasteiger partial charge in [0.1, 0.15) is 0 Å². The lowest BCUT2D eigenvalue weighted by Gasteiger charge is -2.24. The number of benzene rings is 1. The number of nitrogens with one attached hydrogen (secondary N) is 2. The Kier molecular flexibility index (Phi) is 4.68. The van der Waals surface area contributed by atoms with Gasteiger partial charge in [-0.2, -0.15) is 0 Å². The lowest BCUT2D eigenvalue weighted by Crippen LogP contribution is -2.29. The molecule has 0 spiro atoms. The molecule has 1 aliphatic heterocycles. The first-order valence-electron chi connectivity index (χ1n) is 8.15. The highest BCUT2D eigenvalue weighted by molar-refractivity contribution is 6.02. The van der Waals surface area contributed by atoms with Crippen LogP contribution in [0.3, 0.4) is 0 Å². The van der Waals surface area contributed by atoms with E-state index in [4.69, 9.17) is 0 Å². The van der Waals surface area contributed by atoms with Crippen LogP contribution in [-0.2, 0) is 11.2 Å². The van der Waals surface area contributed by atoms with E-state index in [1.54, 1.807) is 0 Å². The SMILES string of the molecule is CCC(=O)Nc1c(CC2CCNCC2)cnc2ccccc12. The summed E-state index contributed by atoms with van der Waals surface area (Å²) in [6.45, 7) is 4.05. The molecule has 2 N–H and O–H groups in total. The molecular weight excluding hydrogens is 274 g/mol. The standard InChI is InChI=1S/C18H23N3O/c1-2-17(22)21-18-14(11-13-7-9-19-10-8-13)12-20-16-6-4-3-5-15(16)18/h3-6,12-13,19H,2,7-11H2,1H3,(H,20,21,22). The van der Waals surface area contributed by atoms with Gasteiger partial charge >= 0.3 is 0 Å². The number of aromatic nitrogens is 1. The van der Waals surface area contributed by atoms with E-state index in [2.05, 4.69) is 15.6 Å². The molecule has 4 heteroatoms. The molecule has 4 nitrogen and oxygen atoms in total. The number of hydrogen-bond acceptors (Lipinski definition) is 3. The zero-order valence-electron chi connectivity index (χ0n) is 13.1. The van der Waals surface area contributed by atoms with E-state index in [0.717, 1.165) is 41.7 Å². The average molecular weight is 297 g/mol. The number of fused-ring (bicyclic) bond motifs is 1. The Morgan fingerprint density at radius 2 is 2.09 bits per heavy atom. The van der Waals surface area contributed by atoms with Gasteiger partial charge in [-0.25, -0.2) is 0 Å². The molecule has 3 rings (SSSR count). The molecule has 1 amide bonds. The van der Waals surface area contributed by atoms with Crippen molar-refractivity contribution in [2.75, 3.05) is 18.4 Å². The molecule has 1 aromatic carbocycles. The second-order valence-electron chi connectivity index (χ2n) is 5.97. The molecule has 2 aromatic rings. The minimum Gasteiger partial charge on any atom is -0.325 e. The fraction of sp³-hybridized carbons (Fsp3) is 0.444. The van der Waals surface area contributed by atoms with Gasteiger partial charge in [-0.15, -0.1) is 0 Å². The zero-order valence-corrected chi connectivity index (χ0v) is 13.1. The van der Waals surface area contributed by atoms with Gasteiger partial charge in [-0.1, -0.05) is 25.1 Å². The van der Waals surface area contributed by atoms with Crippen molar-refractivity contribution in [3.05, 3.63) is 36.0 Å². The van der Waals surface area contributed by atoms with Crippen molar-refractivity contribution in [3.63, 3.8) is 0 Å². The van der Waals surface area contributed by atoms with Crippen molar-refractivity contribution >= 4 is 22.5 Å². The fourth-order valence-corrected chi connectivity index (χ4v) is 3.11. The van der Waals surface area contributed by atoms with Gasteiger partial charge in [0.15, 0.2) is 0 Å². The first-order chi connectivity index (χ1) is 10.8. The van der Waals surface area contributed by atoms with Gasteiger partial charge in [0.2, 0.25) is 5.91 Å². The highest BCUT2D eigenvalue weighted by atomic mass is 16.1. The largest absolute Gasteiger partial charge is 0.325 e. The number of piperidine rings is 1. The molecule has 2 heterocycles. The van der Waals surface area contributed by atoms with Gasteiger partial charge in [0.25, 0.3) is 0 Å². The van der Waals surface area contributed by atoms with Crippen LogP contribution in [0.5, 0.6) is 0 Å². The molecule has 0 atom stereocenters. The Bertz CT molecular complexity index is 662. The van der Waals surface area contributed by atoms with Gasteiger partial charge in [0.05, 0.1) is 11.2 Å². The third-order valence-electron chi connectivity index (χ3n) is 4.41. The summed E-state index contributed by atoms with van der Waals surface area (Å²) in [6, 6.07) is 8.01. The van der Waals surface area contributed by atoms with Crippen molar-refractivity contribution < 1.29 is 4.79 Å². The van der Waals surface area contributed by atoms with Crippen molar-refractivity contribution in [1.29, 1.82) is 0 Å². The van der Waals surface area contributed by atoms with Crippen LogP contribution in [0.25, 0.3) is 10.9 Å². The molecule has 1 fully saturated rings. The van der Waals surface area contributed by atoms with Crippen LogP contribution in [0, 0.1) is 5.92 Å². The minimum absolute atomic E-state index is 0.0583. The first kappa shape index (κ1) is 15.0. The molecule has 0 radical (unpaired) electrons. The summed E-state index contributed by atoms with van der Waals surface area (Å²) in [4.78, 5) is 16.5. The summed E-state index contributed by atoms with van der Waals surface area (Å²) < 4.78 is 0. The van der Waals surface area contributed by atoms with Crippen LogP contribution in [0.15, 0.2) is 30.5 Å². The van der Waals surface area contributed by atoms with Crippen LogP contribution in [-0.4, -0.2) is 24.0 Å². The Hall–Kier alpha value is -1.94. The van der Waals surface area contributed by atoms with Crippen LogP contribution in [0.1, 0.15) is 31.7 Å². The summed E-state index contributed by atoms with van der Waals surface area (Å²) in [5, 5.41) is 7.54. The number of anilines is 1. The van der Waals surface area contributed by atoms with Crippen LogP contribution >= 0.6 is 0 Å². The normalized spacial score (nSPS) is 15.9. The highest BCUT2D eigenvalue weighted by Gasteiger charge is 2.18. The fourth-order valence-electron chi connectivity index (χ4n) is 3.11. The molecule has 0 aliphatic carbocycles. The number of rotatable bonds is 4. The molecule has 0 bridgehead atoms. The number of nitrogens with zero attached hydrogens (tertiary/aromatic N) is 1. The van der Waals surface area contributed by atoms with E-state index < -0.39 is 0 Å². The molecule has 0 unspecified atom stereocenters. The average Bonchev–Trinajstić information content (AvgIpc) is 2.57. The number of amides is 1. The molecule has 1 saturated heterocycles. The Morgan fingerprint density at radius 1 is 1.32 bits per heavy atom. The van der Waals surface area contributed by atoms with E-state index in [9.17, 15) is 4.79 Å². The maximum atomic E-state index is 11.9. The van der Waals surface area contributed by atoms with Crippen molar-refractivity contribution in [3.8, 4) is 0 Å². The van der Waals surface area contributed by atoms with Gasteiger partial charge < -0.3 is 10.6 Å². The quantitative estimate of drug-likeness (QED) is 0.911. The molecule has 22 heavy (non-hydrogen) atoms. The topological polar surface area (TPSA) is 54.0 Å². The van der Waals surface area contributed by atoms with Gasteiger partial charge in [-0.05, 0) is 49.9 Å². The number of pyridine rings is 1. The lowest BCUT2D eigenvalue weighted by atomic mass is 9.90. The highest BCUT2D eigenvalue weighted by Crippen LogP contribution is 2.29. The number of carbonyl (C=O) groups is 1. The van der Waals surface area contributed by atoms with Crippen LogP contribution in [0.4, 0.5) is 5.69 Å². The maximum absolute atomic E-state index is 11.9. The first-order valence-corrected chi connectivity index (χ1v) is 8.15. The van der Waals surface area contributed by atoms with Crippen molar-refractivity contribution in [1.82, 2.24) is 10.3 Å². The van der Waals surface area contributed by atoms with Gasteiger partial charge in [-0.3, -0.25) is 9.78 Å². The number of carbonyl (C=O) groups excluding carboxylic acids is 1. The summed E-state index contributed by atoms with van der Waals surface area (Å²) in [6.07, 6.45) is 5.79. The third kappa shape index (κ3) is 3.28. The summed E-state index contributed by atoms with van der Waals surface area (Å²) in [5.74, 6) is 0.726. The molecule has 116 valence electrons. The predicted molar refractivity (Wildman–Crippen MR) is 90.0 cm³/mol. The Morgan fingerprint density at radius 3 is 2.86 bits per heavy atom. The lowest BCUT2D eigenvalue weighted by molar-refractivity contribution is -0.115. The smallest absolute Gasteiger partial charge is 0.224 e. The van der Waals surface area contributed by atoms with Crippen molar-refractivity contribution in [2.45, 2.75) is 32.6 Å². The van der Waals surface area contributed by atoms with Gasteiger partial charge in [0, 0.05) is 18.0 Å². The Balaban J connectivity index is 1.96. The number of hydrogen-bond donors (Lipinski definition) is 2. The molecule has 1 aliphatic rings. The third-order valence-corrected chi connectivity index (χ3v) is 4.41. The monoisotopic (exact) mass is 297 g/mol. The summed E-state index contributed by atoms with van der Waals surface area (Å²) >= 11 is 0. The minimum atomic E-state index is 0.0583. The molecule has 1 aromatic heterocycles. The zero-order chi connectivity index (χ0) is 15.4. The van der Waals surface area contributed by atoms with Crippen molar-refractivity contribution in [2.24, 2.45) is 5.92 Å². The van der Waals surface area contributed by atoms with Crippen LogP contribution < -0.4 is 10.6 Å². The second-order valence-corrected chi connectivity index (χ2v) is 5.97. The summed E-state index contributed by atoms with van der Waals surface area (Å²) in [7, 11) is 0. The van der Waals surface area contributed by atoms with E-state index >= 15 is 0 Å². The molecule has 0 saturated carbocycles. The van der Waals surface area contributed by atoms with E-state index in [-0.39, 0.29) is 5.91 Å². The summed E-state index contributed by atoms with van der Waals surface area (Å²) in [5.41, 5.74) is 3.05. The van der Waals surface area contributed by atoms with Crippen LogP contribution in [0.2, 0.25) is 0 Å². The second kappa shape index (κ2) is 6.88. The predicted octanol–water partition coefficient (Wildman–Crippen LogP) is 3.13. The Labute approximate surface area is 131 Å². The van der Waals surface area contributed by atoms with E-state index in [1.807, 2.05) is 37.4 Å². The molecular formula is C18H23N3O.